The van der Waals surface area contributed by atoms with E-state index in [9.17, 15) is 14.7 Å². The molecule has 84 valence electrons. The lowest BCUT2D eigenvalue weighted by Gasteiger charge is -2.29. The Hall–Kier alpha value is -1.56. The number of carboxylic acid groups (broad SMARTS) is 1. The highest BCUT2D eigenvalue weighted by Crippen LogP contribution is 2.43. The molecule has 0 bridgehead atoms. The minimum Gasteiger partial charge on any atom is -0.479 e. The van der Waals surface area contributed by atoms with Crippen molar-refractivity contribution in [3.8, 4) is 0 Å². The van der Waals surface area contributed by atoms with Gasteiger partial charge in [-0.05, 0) is 12.1 Å². The van der Waals surface area contributed by atoms with Crippen LogP contribution in [0.25, 0.3) is 0 Å². The fraction of sp³-hybridized carbons (Fsp3) is 0.300. The van der Waals surface area contributed by atoms with Crippen molar-refractivity contribution < 1.29 is 14.7 Å². The molecular weight excluding hydrogens is 228 g/mol. The Labute approximate surface area is 96.5 Å². The molecule has 1 aromatic heterocycles. The van der Waals surface area contributed by atoms with Crippen molar-refractivity contribution >= 4 is 24.1 Å². The summed E-state index contributed by atoms with van der Waals surface area (Å²) in [5.41, 5.74) is 0.386. The van der Waals surface area contributed by atoms with Crippen molar-refractivity contribution in [2.45, 2.75) is 4.87 Å². The Morgan fingerprint density at radius 3 is 3.00 bits per heavy atom. The van der Waals surface area contributed by atoms with Crippen molar-refractivity contribution in [3.63, 3.8) is 0 Å². The van der Waals surface area contributed by atoms with Crippen molar-refractivity contribution in [2.24, 2.45) is 0 Å². The summed E-state index contributed by atoms with van der Waals surface area (Å²) in [6, 6.07) is 5.06. The number of pyridine rings is 1. The van der Waals surface area contributed by atoms with Crippen LogP contribution in [0.15, 0.2) is 24.4 Å². The molecule has 0 aliphatic carbocycles. The summed E-state index contributed by atoms with van der Waals surface area (Å²) in [5, 5.41) is 9.36. The highest BCUT2D eigenvalue weighted by molar-refractivity contribution is 8.01. The maximum Gasteiger partial charge on any atom is 0.346 e. The Balaban J connectivity index is 2.52. The van der Waals surface area contributed by atoms with E-state index in [0.29, 0.717) is 24.4 Å². The van der Waals surface area contributed by atoms with Crippen LogP contribution in [0.2, 0.25) is 0 Å². The number of aromatic nitrogens is 1. The van der Waals surface area contributed by atoms with Gasteiger partial charge in [0.2, 0.25) is 11.3 Å². The van der Waals surface area contributed by atoms with Gasteiger partial charge in [-0.25, -0.2) is 4.79 Å². The average molecular weight is 238 g/mol. The Bertz CT molecular complexity index is 412. The van der Waals surface area contributed by atoms with Crippen LogP contribution in [0.4, 0.5) is 0 Å². The number of carboxylic acids is 1. The van der Waals surface area contributed by atoms with E-state index in [-0.39, 0.29) is 0 Å². The molecule has 16 heavy (non-hydrogen) atoms. The quantitative estimate of drug-likeness (QED) is 0.777. The maximum atomic E-state index is 11.4. The molecule has 0 saturated carbocycles. The molecule has 0 radical (unpaired) electrons. The third-order valence-corrected chi connectivity index (χ3v) is 3.90. The van der Waals surface area contributed by atoms with Crippen LogP contribution >= 0.6 is 11.8 Å². The first-order valence-electron chi connectivity index (χ1n) is 4.72. The second kappa shape index (κ2) is 4.13. The standard InChI is InChI=1S/C10H10N2O3S/c13-7-12-5-6-16-10(12,9(14)15)8-3-1-2-4-11-8/h1-4,7H,5-6H2,(H,14,15). The van der Waals surface area contributed by atoms with E-state index < -0.39 is 10.8 Å². The second-order valence-electron chi connectivity index (χ2n) is 3.31. The van der Waals surface area contributed by atoms with Gasteiger partial charge in [-0.1, -0.05) is 6.07 Å². The van der Waals surface area contributed by atoms with Gasteiger partial charge in [-0.2, -0.15) is 0 Å². The minimum atomic E-state index is -1.36. The number of hydrogen-bond acceptors (Lipinski definition) is 4. The molecular formula is C10H10N2O3S. The van der Waals surface area contributed by atoms with E-state index in [0.717, 1.165) is 0 Å². The highest BCUT2D eigenvalue weighted by atomic mass is 32.2. The van der Waals surface area contributed by atoms with Crippen molar-refractivity contribution in [1.29, 1.82) is 0 Å². The van der Waals surface area contributed by atoms with Crippen LogP contribution < -0.4 is 0 Å². The van der Waals surface area contributed by atoms with Crippen LogP contribution in [0.5, 0.6) is 0 Å². The Morgan fingerprint density at radius 1 is 1.62 bits per heavy atom. The fourth-order valence-corrected chi connectivity index (χ4v) is 3.01. The third-order valence-electron chi connectivity index (χ3n) is 2.48. The highest BCUT2D eigenvalue weighted by Gasteiger charge is 2.51. The number of amides is 1. The van der Waals surface area contributed by atoms with E-state index in [4.69, 9.17) is 0 Å². The van der Waals surface area contributed by atoms with E-state index >= 15 is 0 Å². The zero-order chi connectivity index (χ0) is 11.6. The van der Waals surface area contributed by atoms with Crippen molar-refractivity contribution in [2.75, 3.05) is 12.3 Å². The van der Waals surface area contributed by atoms with Gasteiger partial charge in [0.25, 0.3) is 0 Å². The average Bonchev–Trinajstić information content (AvgIpc) is 2.74. The summed E-state index contributed by atoms with van der Waals surface area (Å²) >= 11 is 1.22. The molecule has 6 heteroatoms. The normalized spacial score (nSPS) is 24.4. The van der Waals surface area contributed by atoms with E-state index in [1.165, 1.54) is 22.9 Å². The molecule has 1 aromatic rings. The zero-order valence-electron chi connectivity index (χ0n) is 8.37. The first-order chi connectivity index (χ1) is 7.71. The molecule has 1 N–H and O–H groups in total. The fourth-order valence-electron chi connectivity index (χ4n) is 1.74. The van der Waals surface area contributed by atoms with Gasteiger partial charge in [0.15, 0.2) is 0 Å². The predicted octanol–water partition coefficient (Wildman–Crippen LogP) is 0.524. The largest absolute Gasteiger partial charge is 0.479 e. The number of nitrogens with zero attached hydrogens (tertiary/aromatic N) is 2. The topological polar surface area (TPSA) is 70.5 Å². The monoisotopic (exact) mass is 238 g/mol. The van der Waals surface area contributed by atoms with Gasteiger partial charge in [-0.15, -0.1) is 11.8 Å². The molecule has 0 aromatic carbocycles. The molecule has 1 amide bonds. The van der Waals surface area contributed by atoms with E-state index in [2.05, 4.69) is 4.98 Å². The first kappa shape index (κ1) is 10.9. The van der Waals surface area contributed by atoms with Gasteiger partial charge < -0.3 is 10.0 Å². The van der Waals surface area contributed by atoms with E-state index in [1.807, 2.05) is 0 Å². The molecule has 1 atom stereocenters. The lowest BCUT2D eigenvalue weighted by molar-refractivity contribution is -0.148. The van der Waals surface area contributed by atoms with Gasteiger partial charge >= 0.3 is 5.97 Å². The molecule has 5 nitrogen and oxygen atoms in total. The molecule has 1 unspecified atom stereocenters. The second-order valence-corrected chi connectivity index (χ2v) is 4.60. The van der Waals surface area contributed by atoms with Gasteiger partial charge in [0.1, 0.15) is 0 Å². The van der Waals surface area contributed by atoms with Crippen LogP contribution in [0.1, 0.15) is 5.69 Å². The Morgan fingerprint density at radius 2 is 2.44 bits per heavy atom. The number of hydrogen-bond donors (Lipinski definition) is 1. The van der Waals surface area contributed by atoms with Gasteiger partial charge in [-0.3, -0.25) is 9.78 Å². The van der Waals surface area contributed by atoms with Crippen LogP contribution in [-0.4, -0.2) is 39.7 Å². The van der Waals surface area contributed by atoms with Crippen molar-refractivity contribution in [1.82, 2.24) is 9.88 Å². The predicted molar refractivity (Wildman–Crippen MR) is 58.8 cm³/mol. The van der Waals surface area contributed by atoms with Crippen LogP contribution in [0, 0.1) is 0 Å². The lowest BCUT2D eigenvalue weighted by atomic mass is 10.1. The first-order valence-corrected chi connectivity index (χ1v) is 5.71. The molecule has 2 rings (SSSR count). The van der Waals surface area contributed by atoms with Gasteiger partial charge in [0, 0.05) is 18.5 Å². The number of aliphatic carboxylic acids is 1. The summed E-state index contributed by atoms with van der Waals surface area (Å²) in [5.74, 6) is -0.456. The molecule has 1 aliphatic rings. The Kier molecular flexibility index (Phi) is 2.82. The molecule has 1 fully saturated rings. The SMILES string of the molecule is O=CN1CCSC1(C(=O)O)c1ccccn1. The molecule has 0 spiro atoms. The summed E-state index contributed by atoms with van der Waals surface area (Å²) < 4.78 is 0. The smallest absolute Gasteiger partial charge is 0.346 e. The van der Waals surface area contributed by atoms with E-state index in [1.54, 1.807) is 18.2 Å². The number of thioether (sulfide) groups is 1. The zero-order valence-corrected chi connectivity index (χ0v) is 9.18. The number of carbonyl (C=O) groups is 2. The van der Waals surface area contributed by atoms with Crippen molar-refractivity contribution in [3.05, 3.63) is 30.1 Å². The summed E-state index contributed by atoms with van der Waals surface area (Å²) in [6.07, 6.45) is 2.10. The minimum absolute atomic E-state index is 0.386. The van der Waals surface area contributed by atoms with Crippen LogP contribution in [0.3, 0.4) is 0 Å². The maximum absolute atomic E-state index is 11.4. The molecule has 2 heterocycles. The summed E-state index contributed by atoms with van der Waals surface area (Å²) in [6.45, 7) is 0.428. The third kappa shape index (κ3) is 1.46. The molecule has 1 aliphatic heterocycles. The number of carbonyl (C=O) groups excluding carboxylic acids is 1. The number of rotatable bonds is 3. The lowest BCUT2D eigenvalue weighted by Crippen LogP contribution is -2.45. The molecule has 1 saturated heterocycles. The van der Waals surface area contributed by atoms with Crippen LogP contribution in [-0.2, 0) is 14.5 Å². The summed E-state index contributed by atoms with van der Waals surface area (Å²) in [4.78, 5) is 26.3. The van der Waals surface area contributed by atoms with Gasteiger partial charge in [0.05, 0.1) is 5.69 Å². The summed E-state index contributed by atoms with van der Waals surface area (Å²) in [7, 11) is 0.